The highest BCUT2D eigenvalue weighted by Crippen LogP contribution is 2.14. The summed E-state index contributed by atoms with van der Waals surface area (Å²) in [6.45, 7) is 0.572. The average molecular weight is 372 g/mol. The minimum absolute atomic E-state index is 0. The summed E-state index contributed by atoms with van der Waals surface area (Å²) in [5.41, 5.74) is 5.86. The van der Waals surface area contributed by atoms with Gasteiger partial charge < -0.3 is 11.1 Å². The molecular formula is C11H16BrClN2O3S. The zero-order chi connectivity index (χ0) is 13.6. The largest absolute Gasteiger partial charge is 0.354 e. The number of carbonyl (C=O) groups excluding carboxylic acids is 1. The van der Waals surface area contributed by atoms with E-state index in [1.165, 1.54) is 0 Å². The van der Waals surface area contributed by atoms with Crippen molar-refractivity contribution in [3.8, 4) is 0 Å². The summed E-state index contributed by atoms with van der Waals surface area (Å²) in [5.74, 6) is -1.18. The second-order valence-corrected chi connectivity index (χ2v) is 6.78. The average Bonchev–Trinajstić information content (AvgIpc) is 2.24. The Hall–Kier alpha value is -0.630. The van der Waals surface area contributed by atoms with Gasteiger partial charge in [0, 0.05) is 17.6 Å². The van der Waals surface area contributed by atoms with Crippen molar-refractivity contribution in [2.45, 2.75) is 5.75 Å². The van der Waals surface area contributed by atoms with Crippen LogP contribution in [0.25, 0.3) is 0 Å². The van der Waals surface area contributed by atoms with Crippen LogP contribution >= 0.6 is 28.3 Å². The molecule has 1 rings (SSSR count). The van der Waals surface area contributed by atoms with Crippen molar-refractivity contribution >= 4 is 44.1 Å². The molecule has 0 heterocycles. The number of carbonyl (C=O) groups is 1. The summed E-state index contributed by atoms with van der Waals surface area (Å²) in [7, 11) is -3.45. The van der Waals surface area contributed by atoms with Crippen LogP contribution in [-0.4, -0.2) is 33.2 Å². The molecule has 5 nitrogen and oxygen atoms in total. The molecule has 0 fully saturated rings. The van der Waals surface area contributed by atoms with E-state index in [1.54, 1.807) is 18.2 Å². The second-order valence-electron chi connectivity index (χ2n) is 3.80. The predicted octanol–water partition coefficient (Wildman–Crippen LogP) is 0.861. The molecule has 3 N–H and O–H groups in total. The van der Waals surface area contributed by atoms with Gasteiger partial charge in [0.05, 0.1) is 5.75 Å². The van der Waals surface area contributed by atoms with Gasteiger partial charge in [-0.1, -0.05) is 28.1 Å². The predicted molar refractivity (Wildman–Crippen MR) is 80.9 cm³/mol. The number of nitrogens with one attached hydrogen (secondary N) is 1. The van der Waals surface area contributed by atoms with E-state index >= 15 is 0 Å². The van der Waals surface area contributed by atoms with Crippen molar-refractivity contribution in [1.82, 2.24) is 5.32 Å². The molecule has 0 aromatic heterocycles. The SMILES string of the molecule is Cl.NCCNC(=O)CS(=O)(=O)Cc1cccc(Br)c1. The van der Waals surface area contributed by atoms with Crippen LogP contribution in [0.5, 0.6) is 0 Å². The number of sulfone groups is 1. The standard InChI is InChI=1S/C11H15BrN2O3S.ClH/c12-10-3-1-2-9(6-10)7-18(16,17)8-11(15)14-5-4-13;/h1-3,6H,4-5,7-8,13H2,(H,14,15);1H. The molecule has 0 radical (unpaired) electrons. The van der Waals surface area contributed by atoms with Crippen molar-refractivity contribution in [1.29, 1.82) is 0 Å². The van der Waals surface area contributed by atoms with Gasteiger partial charge in [-0.05, 0) is 17.7 Å². The van der Waals surface area contributed by atoms with E-state index < -0.39 is 21.5 Å². The van der Waals surface area contributed by atoms with Gasteiger partial charge in [-0.3, -0.25) is 4.79 Å². The quantitative estimate of drug-likeness (QED) is 0.776. The lowest BCUT2D eigenvalue weighted by molar-refractivity contribution is -0.118. The molecule has 1 aromatic rings. The second kappa shape index (κ2) is 8.52. The van der Waals surface area contributed by atoms with Crippen LogP contribution < -0.4 is 11.1 Å². The number of rotatable bonds is 6. The molecule has 19 heavy (non-hydrogen) atoms. The topological polar surface area (TPSA) is 89.3 Å². The summed E-state index contributed by atoms with van der Waals surface area (Å²) < 4.78 is 24.4. The van der Waals surface area contributed by atoms with Crippen LogP contribution in [0.3, 0.4) is 0 Å². The van der Waals surface area contributed by atoms with Crippen LogP contribution in [0, 0.1) is 0 Å². The molecule has 108 valence electrons. The summed E-state index contributed by atoms with van der Waals surface area (Å²) >= 11 is 3.27. The third-order valence-corrected chi connectivity index (χ3v) is 4.06. The van der Waals surface area contributed by atoms with Gasteiger partial charge in [0.25, 0.3) is 0 Å². The molecule has 1 amide bonds. The summed E-state index contributed by atoms with van der Waals surface area (Å²) in [6.07, 6.45) is 0. The molecule has 8 heteroatoms. The van der Waals surface area contributed by atoms with E-state index in [1.807, 2.05) is 6.07 Å². The fourth-order valence-corrected chi connectivity index (χ4v) is 3.13. The Morgan fingerprint density at radius 1 is 1.37 bits per heavy atom. The minimum Gasteiger partial charge on any atom is -0.354 e. The van der Waals surface area contributed by atoms with Gasteiger partial charge in [0.2, 0.25) is 5.91 Å². The van der Waals surface area contributed by atoms with Crippen molar-refractivity contribution in [3.05, 3.63) is 34.3 Å². The molecule has 0 unspecified atom stereocenters. The third-order valence-electron chi connectivity index (χ3n) is 2.09. The van der Waals surface area contributed by atoms with Gasteiger partial charge in [-0.25, -0.2) is 8.42 Å². The van der Waals surface area contributed by atoms with E-state index in [-0.39, 0.29) is 31.2 Å². The normalized spacial score (nSPS) is 10.6. The number of hydrogen-bond acceptors (Lipinski definition) is 4. The Kier molecular flexibility index (Phi) is 8.24. The van der Waals surface area contributed by atoms with Crippen molar-refractivity contribution in [3.63, 3.8) is 0 Å². The smallest absolute Gasteiger partial charge is 0.235 e. The first-order valence-electron chi connectivity index (χ1n) is 5.34. The third kappa shape index (κ3) is 7.51. The maximum absolute atomic E-state index is 11.8. The molecule has 0 spiro atoms. The van der Waals surface area contributed by atoms with Gasteiger partial charge in [-0.2, -0.15) is 0 Å². The summed E-state index contributed by atoms with van der Waals surface area (Å²) in [6, 6.07) is 6.99. The highest BCUT2D eigenvalue weighted by Gasteiger charge is 2.17. The Balaban J connectivity index is 0.00000324. The van der Waals surface area contributed by atoms with Crippen LogP contribution in [0.15, 0.2) is 28.7 Å². The van der Waals surface area contributed by atoms with Crippen molar-refractivity contribution in [2.75, 3.05) is 18.8 Å². The Morgan fingerprint density at radius 2 is 2.05 bits per heavy atom. The molecular weight excluding hydrogens is 356 g/mol. The lowest BCUT2D eigenvalue weighted by atomic mass is 10.2. The summed E-state index contributed by atoms with van der Waals surface area (Å²) in [5, 5.41) is 2.43. The number of halogens is 2. The van der Waals surface area contributed by atoms with E-state index in [2.05, 4.69) is 21.2 Å². The zero-order valence-corrected chi connectivity index (χ0v) is 13.4. The highest BCUT2D eigenvalue weighted by atomic mass is 79.9. The van der Waals surface area contributed by atoms with Crippen LogP contribution in [0.2, 0.25) is 0 Å². The van der Waals surface area contributed by atoms with Crippen LogP contribution in [-0.2, 0) is 20.4 Å². The first kappa shape index (κ1) is 18.4. The van der Waals surface area contributed by atoms with Crippen LogP contribution in [0.4, 0.5) is 0 Å². The fraction of sp³-hybridized carbons (Fsp3) is 0.364. The van der Waals surface area contributed by atoms with E-state index in [0.717, 1.165) is 4.47 Å². The molecule has 0 aliphatic rings. The van der Waals surface area contributed by atoms with Gasteiger partial charge in [-0.15, -0.1) is 12.4 Å². The van der Waals surface area contributed by atoms with E-state index in [0.29, 0.717) is 5.56 Å². The number of hydrogen-bond donors (Lipinski definition) is 2. The highest BCUT2D eigenvalue weighted by molar-refractivity contribution is 9.10. The molecule has 0 saturated heterocycles. The van der Waals surface area contributed by atoms with E-state index in [9.17, 15) is 13.2 Å². The number of amides is 1. The molecule has 1 aromatic carbocycles. The minimum atomic E-state index is -3.45. The fourth-order valence-electron chi connectivity index (χ4n) is 1.39. The maximum Gasteiger partial charge on any atom is 0.235 e. The molecule has 0 atom stereocenters. The lowest BCUT2D eigenvalue weighted by Gasteiger charge is -2.06. The van der Waals surface area contributed by atoms with Gasteiger partial charge in [0.15, 0.2) is 9.84 Å². The van der Waals surface area contributed by atoms with E-state index in [4.69, 9.17) is 5.73 Å². The maximum atomic E-state index is 11.8. The molecule has 0 aliphatic carbocycles. The Morgan fingerprint density at radius 3 is 2.63 bits per heavy atom. The summed E-state index contributed by atoms with van der Waals surface area (Å²) in [4.78, 5) is 11.3. The lowest BCUT2D eigenvalue weighted by Crippen LogP contribution is -2.34. The van der Waals surface area contributed by atoms with Crippen molar-refractivity contribution < 1.29 is 13.2 Å². The van der Waals surface area contributed by atoms with Gasteiger partial charge in [0.1, 0.15) is 5.75 Å². The zero-order valence-electron chi connectivity index (χ0n) is 10.1. The first-order valence-corrected chi connectivity index (χ1v) is 7.96. The van der Waals surface area contributed by atoms with Gasteiger partial charge >= 0.3 is 0 Å². The number of benzene rings is 1. The Labute approximate surface area is 127 Å². The van der Waals surface area contributed by atoms with Crippen molar-refractivity contribution in [2.24, 2.45) is 5.73 Å². The number of nitrogens with two attached hydrogens (primary N) is 1. The molecule has 0 aliphatic heterocycles. The Bertz CT molecular complexity index is 522. The first-order chi connectivity index (χ1) is 8.43. The van der Waals surface area contributed by atoms with Crippen LogP contribution in [0.1, 0.15) is 5.56 Å². The monoisotopic (exact) mass is 370 g/mol. The molecule has 0 saturated carbocycles. The molecule has 0 bridgehead atoms.